The summed E-state index contributed by atoms with van der Waals surface area (Å²) in [6, 6.07) is 3.85. The molecule has 5 heteroatoms. The van der Waals surface area contributed by atoms with Gasteiger partial charge < -0.3 is 10.0 Å². The van der Waals surface area contributed by atoms with Gasteiger partial charge in [-0.25, -0.2) is 0 Å². The van der Waals surface area contributed by atoms with Crippen LogP contribution in [0.3, 0.4) is 0 Å². The quantitative estimate of drug-likeness (QED) is 0.875. The lowest BCUT2D eigenvalue weighted by molar-refractivity contribution is 0.147. The van der Waals surface area contributed by atoms with Gasteiger partial charge in [-0.3, -0.25) is 4.90 Å². The number of benzene rings is 1. The Morgan fingerprint density at radius 1 is 1.18 bits per heavy atom. The first-order valence-electron chi connectivity index (χ1n) is 5.64. The average Bonchev–Trinajstić information content (AvgIpc) is 2.28. The molecule has 0 saturated carbocycles. The van der Waals surface area contributed by atoms with E-state index in [1.54, 1.807) is 0 Å². The summed E-state index contributed by atoms with van der Waals surface area (Å²) in [5, 5.41) is 10.00. The molecule has 3 nitrogen and oxygen atoms in total. The predicted octanol–water partition coefficient (Wildman–Crippen LogP) is 2.66. The molecule has 0 aliphatic carbocycles. The van der Waals surface area contributed by atoms with E-state index in [0.717, 1.165) is 47.2 Å². The van der Waals surface area contributed by atoms with Crippen LogP contribution in [0.25, 0.3) is 0 Å². The third-order valence-electron chi connectivity index (χ3n) is 3.10. The van der Waals surface area contributed by atoms with Crippen LogP contribution in [0.2, 0.25) is 0 Å². The lowest BCUT2D eigenvalue weighted by Gasteiger charge is -2.32. The molecule has 1 fully saturated rings. The van der Waals surface area contributed by atoms with Crippen molar-refractivity contribution in [2.75, 3.05) is 33.2 Å². The maximum atomic E-state index is 10.00. The van der Waals surface area contributed by atoms with Crippen LogP contribution < -0.4 is 0 Å². The number of likely N-dealkylation sites (N-methyl/N-ethyl adjacent to an activating group) is 1. The molecule has 0 bridgehead atoms. The first-order valence-corrected chi connectivity index (χ1v) is 7.22. The third kappa shape index (κ3) is 3.44. The van der Waals surface area contributed by atoms with Crippen LogP contribution in [-0.4, -0.2) is 48.1 Å². The number of halogens is 2. The Morgan fingerprint density at radius 2 is 1.82 bits per heavy atom. The molecule has 1 heterocycles. The minimum Gasteiger partial charge on any atom is -0.506 e. The monoisotopic (exact) mass is 362 g/mol. The maximum Gasteiger partial charge on any atom is 0.134 e. The van der Waals surface area contributed by atoms with Gasteiger partial charge in [-0.2, -0.15) is 0 Å². The summed E-state index contributed by atoms with van der Waals surface area (Å²) >= 11 is 6.82. The number of piperazine rings is 1. The molecule has 1 N–H and O–H groups in total. The molecule has 2 rings (SSSR count). The van der Waals surface area contributed by atoms with E-state index >= 15 is 0 Å². The number of phenols is 1. The van der Waals surface area contributed by atoms with Gasteiger partial charge >= 0.3 is 0 Å². The van der Waals surface area contributed by atoms with Crippen LogP contribution in [0.4, 0.5) is 0 Å². The normalized spacial score (nSPS) is 18.5. The topological polar surface area (TPSA) is 26.7 Å². The minimum absolute atomic E-state index is 0.354. The Bertz CT molecular complexity index is 404. The first-order chi connectivity index (χ1) is 8.06. The van der Waals surface area contributed by atoms with Crippen molar-refractivity contribution in [1.82, 2.24) is 9.80 Å². The van der Waals surface area contributed by atoms with Gasteiger partial charge in [0.15, 0.2) is 0 Å². The van der Waals surface area contributed by atoms with E-state index in [4.69, 9.17) is 0 Å². The zero-order valence-corrected chi connectivity index (χ0v) is 13.0. The van der Waals surface area contributed by atoms with E-state index in [1.807, 2.05) is 12.1 Å². The minimum atomic E-state index is 0.354. The fourth-order valence-electron chi connectivity index (χ4n) is 1.99. The largest absolute Gasteiger partial charge is 0.506 e. The van der Waals surface area contributed by atoms with Crippen molar-refractivity contribution >= 4 is 31.9 Å². The van der Waals surface area contributed by atoms with Crippen molar-refractivity contribution in [1.29, 1.82) is 0 Å². The zero-order valence-electron chi connectivity index (χ0n) is 9.79. The van der Waals surface area contributed by atoms with Gasteiger partial charge in [-0.1, -0.05) is 15.9 Å². The summed E-state index contributed by atoms with van der Waals surface area (Å²) < 4.78 is 1.74. The summed E-state index contributed by atoms with van der Waals surface area (Å²) in [5.74, 6) is 0.354. The highest BCUT2D eigenvalue weighted by Crippen LogP contribution is 2.32. The van der Waals surface area contributed by atoms with E-state index in [0.29, 0.717) is 5.75 Å². The van der Waals surface area contributed by atoms with Gasteiger partial charge in [0, 0.05) is 42.8 Å². The summed E-state index contributed by atoms with van der Waals surface area (Å²) in [6.07, 6.45) is 0. The average molecular weight is 364 g/mol. The van der Waals surface area contributed by atoms with Gasteiger partial charge in [-0.15, -0.1) is 0 Å². The fourth-order valence-corrected chi connectivity index (χ4v) is 3.30. The highest BCUT2D eigenvalue weighted by Gasteiger charge is 2.16. The van der Waals surface area contributed by atoms with Crippen molar-refractivity contribution in [3.63, 3.8) is 0 Å². The molecule has 1 aliphatic rings. The molecule has 0 radical (unpaired) electrons. The number of rotatable bonds is 2. The van der Waals surface area contributed by atoms with Crippen LogP contribution >= 0.6 is 31.9 Å². The molecule has 0 aromatic heterocycles. The number of phenolic OH excluding ortho intramolecular Hbond substituents is 1. The van der Waals surface area contributed by atoms with Crippen LogP contribution in [0, 0.1) is 0 Å². The van der Waals surface area contributed by atoms with Crippen LogP contribution in [0.5, 0.6) is 5.75 Å². The smallest absolute Gasteiger partial charge is 0.134 e. The lowest BCUT2D eigenvalue weighted by Crippen LogP contribution is -2.43. The molecule has 17 heavy (non-hydrogen) atoms. The van der Waals surface area contributed by atoms with Crippen molar-refractivity contribution in [3.8, 4) is 5.75 Å². The van der Waals surface area contributed by atoms with Gasteiger partial charge in [-0.05, 0) is 35.1 Å². The van der Waals surface area contributed by atoms with E-state index in [2.05, 4.69) is 48.7 Å². The van der Waals surface area contributed by atoms with E-state index in [1.165, 1.54) is 0 Å². The predicted molar refractivity (Wildman–Crippen MR) is 76.3 cm³/mol. The molecule has 1 saturated heterocycles. The van der Waals surface area contributed by atoms with Crippen molar-refractivity contribution < 1.29 is 5.11 Å². The highest BCUT2D eigenvalue weighted by molar-refractivity contribution is 9.11. The van der Waals surface area contributed by atoms with Gasteiger partial charge in [0.05, 0.1) is 4.47 Å². The third-order valence-corrected chi connectivity index (χ3v) is 4.16. The summed E-state index contributed by atoms with van der Waals surface area (Å²) in [4.78, 5) is 4.70. The Balaban J connectivity index is 2.08. The molecule has 1 aliphatic heterocycles. The van der Waals surface area contributed by atoms with Gasteiger partial charge in [0.1, 0.15) is 5.75 Å². The Kier molecular flexibility index (Phi) is 4.47. The number of hydrogen-bond acceptors (Lipinski definition) is 3. The molecular weight excluding hydrogens is 348 g/mol. The van der Waals surface area contributed by atoms with Gasteiger partial charge in [0.25, 0.3) is 0 Å². The van der Waals surface area contributed by atoms with Crippen molar-refractivity contribution in [2.45, 2.75) is 6.54 Å². The first kappa shape index (κ1) is 13.3. The Hall–Kier alpha value is -0.100. The number of hydrogen-bond donors (Lipinski definition) is 1. The lowest BCUT2D eigenvalue weighted by atomic mass is 10.1. The molecular formula is C12H16Br2N2O. The molecule has 0 atom stereocenters. The standard InChI is InChI=1S/C12H16Br2N2O/c1-15-2-4-16(5-3-15)8-9-6-10(13)7-11(14)12(9)17/h6-7,17H,2-5,8H2,1H3. The Labute approximate surface area is 119 Å². The molecule has 0 spiro atoms. The van der Waals surface area contributed by atoms with Crippen LogP contribution in [0.1, 0.15) is 5.56 Å². The maximum absolute atomic E-state index is 10.00. The second-order valence-electron chi connectivity index (χ2n) is 4.47. The Morgan fingerprint density at radius 3 is 2.47 bits per heavy atom. The fraction of sp³-hybridized carbons (Fsp3) is 0.500. The molecule has 1 aromatic carbocycles. The summed E-state index contributed by atoms with van der Waals surface area (Å²) in [5.41, 5.74) is 0.968. The van der Waals surface area contributed by atoms with E-state index < -0.39 is 0 Å². The van der Waals surface area contributed by atoms with Crippen LogP contribution in [0.15, 0.2) is 21.1 Å². The molecule has 1 aromatic rings. The molecule has 0 amide bonds. The highest BCUT2D eigenvalue weighted by atomic mass is 79.9. The van der Waals surface area contributed by atoms with E-state index in [-0.39, 0.29) is 0 Å². The summed E-state index contributed by atoms with van der Waals surface area (Å²) in [7, 11) is 2.14. The van der Waals surface area contributed by atoms with Crippen molar-refractivity contribution in [2.24, 2.45) is 0 Å². The zero-order chi connectivity index (χ0) is 12.4. The van der Waals surface area contributed by atoms with Crippen LogP contribution in [-0.2, 0) is 6.54 Å². The second kappa shape index (κ2) is 5.69. The molecule has 0 unspecified atom stereocenters. The van der Waals surface area contributed by atoms with E-state index in [9.17, 15) is 5.11 Å². The SMILES string of the molecule is CN1CCN(Cc2cc(Br)cc(Br)c2O)CC1. The second-order valence-corrected chi connectivity index (χ2v) is 6.24. The number of nitrogens with zero attached hydrogens (tertiary/aromatic N) is 2. The summed E-state index contributed by atoms with van der Waals surface area (Å²) in [6.45, 7) is 5.10. The molecule has 94 valence electrons. The van der Waals surface area contributed by atoms with Gasteiger partial charge in [0.2, 0.25) is 0 Å². The van der Waals surface area contributed by atoms with Crippen molar-refractivity contribution in [3.05, 3.63) is 26.6 Å². The number of aromatic hydroxyl groups is 1.